The Morgan fingerprint density at radius 2 is 1.60 bits per heavy atom. The van der Waals surface area contributed by atoms with Gasteiger partial charge in [-0.1, -0.05) is 29.8 Å². The molecule has 1 aliphatic heterocycles. The summed E-state index contributed by atoms with van der Waals surface area (Å²) in [6.07, 6.45) is 0. The zero-order chi connectivity index (χ0) is 21.1. The standard InChI is InChI=1S/C23H20N2O4S/c1-17-2-8-20(9-3-17)25(16-19-6-4-18(15-24)5-7-19)30(26,27)21-10-11-22-23(14-21)29-13-12-28-22/h2-11,14H,12-13,16H2,1H3. The normalized spacial score (nSPS) is 12.8. The molecule has 7 heteroatoms. The van der Waals surface area contributed by atoms with Gasteiger partial charge in [-0.25, -0.2) is 8.42 Å². The number of nitriles is 1. The second kappa shape index (κ2) is 8.09. The molecule has 3 aromatic rings. The van der Waals surface area contributed by atoms with Crippen molar-refractivity contribution in [3.8, 4) is 17.6 Å². The SMILES string of the molecule is Cc1ccc(N(Cc2ccc(C#N)cc2)S(=O)(=O)c2ccc3c(c2)OCCO3)cc1. The van der Waals surface area contributed by atoms with Crippen LogP contribution in [0.2, 0.25) is 0 Å². The zero-order valence-corrected chi connectivity index (χ0v) is 17.2. The third-order valence-corrected chi connectivity index (χ3v) is 6.60. The molecule has 0 aliphatic carbocycles. The van der Waals surface area contributed by atoms with Crippen molar-refractivity contribution in [1.29, 1.82) is 5.26 Å². The Morgan fingerprint density at radius 1 is 0.933 bits per heavy atom. The first-order valence-corrected chi connectivity index (χ1v) is 10.9. The first-order chi connectivity index (χ1) is 14.5. The Bertz CT molecular complexity index is 1200. The summed E-state index contributed by atoms with van der Waals surface area (Å²) in [5.41, 5.74) is 2.89. The molecule has 0 saturated carbocycles. The zero-order valence-electron chi connectivity index (χ0n) is 16.4. The molecule has 0 bridgehead atoms. The summed E-state index contributed by atoms with van der Waals surface area (Å²) in [5, 5.41) is 9.01. The molecule has 4 rings (SSSR count). The van der Waals surface area contributed by atoms with E-state index in [0.717, 1.165) is 11.1 Å². The number of hydrogen-bond donors (Lipinski definition) is 0. The van der Waals surface area contributed by atoms with Crippen LogP contribution in [-0.4, -0.2) is 21.6 Å². The van der Waals surface area contributed by atoms with Gasteiger partial charge in [0.15, 0.2) is 11.5 Å². The molecule has 0 saturated heterocycles. The summed E-state index contributed by atoms with van der Waals surface area (Å²) in [7, 11) is -3.88. The van der Waals surface area contributed by atoms with Gasteiger partial charge in [-0.15, -0.1) is 0 Å². The smallest absolute Gasteiger partial charge is 0.264 e. The van der Waals surface area contributed by atoms with Crippen LogP contribution in [0.15, 0.2) is 71.6 Å². The van der Waals surface area contributed by atoms with Crippen molar-refractivity contribution in [2.75, 3.05) is 17.5 Å². The van der Waals surface area contributed by atoms with E-state index in [-0.39, 0.29) is 11.4 Å². The molecule has 0 N–H and O–H groups in total. The summed E-state index contributed by atoms with van der Waals surface area (Å²) >= 11 is 0. The third kappa shape index (κ3) is 3.95. The predicted octanol–water partition coefficient (Wildman–Crippen LogP) is 4.03. The summed E-state index contributed by atoms with van der Waals surface area (Å²) < 4.78 is 39.6. The van der Waals surface area contributed by atoms with Crippen molar-refractivity contribution in [1.82, 2.24) is 0 Å². The number of rotatable bonds is 5. The molecule has 30 heavy (non-hydrogen) atoms. The Balaban J connectivity index is 1.75. The minimum atomic E-state index is -3.88. The fourth-order valence-corrected chi connectivity index (χ4v) is 4.66. The fraction of sp³-hybridized carbons (Fsp3) is 0.174. The van der Waals surface area contributed by atoms with Gasteiger partial charge in [0.1, 0.15) is 13.2 Å². The lowest BCUT2D eigenvalue weighted by Crippen LogP contribution is -2.30. The minimum Gasteiger partial charge on any atom is -0.486 e. The Kier molecular flexibility index (Phi) is 5.34. The lowest BCUT2D eigenvalue weighted by molar-refractivity contribution is 0.171. The average molecular weight is 420 g/mol. The van der Waals surface area contributed by atoms with Crippen LogP contribution in [0.5, 0.6) is 11.5 Å². The molecule has 0 radical (unpaired) electrons. The molecule has 0 atom stereocenters. The highest BCUT2D eigenvalue weighted by atomic mass is 32.2. The monoisotopic (exact) mass is 420 g/mol. The third-order valence-electron chi connectivity index (χ3n) is 4.83. The van der Waals surface area contributed by atoms with Gasteiger partial charge in [-0.3, -0.25) is 4.31 Å². The Morgan fingerprint density at radius 3 is 2.27 bits per heavy atom. The molecule has 0 unspecified atom stereocenters. The van der Waals surface area contributed by atoms with Crippen LogP contribution in [0.4, 0.5) is 5.69 Å². The molecule has 6 nitrogen and oxygen atoms in total. The molecule has 1 heterocycles. The first-order valence-electron chi connectivity index (χ1n) is 9.45. The van der Waals surface area contributed by atoms with Gasteiger partial charge in [-0.05, 0) is 48.9 Å². The number of sulfonamides is 1. The van der Waals surface area contributed by atoms with Crippen LogP contribution in [0, 0.1) is 18.3 Å². The number of anilines is 1. The van der Waals surface area contributed by atoms with Crippen LogP contribution in [-0.2, 0) is 16.6 Å². The largest absolute Gasteiger partial charge is 0.486 e. The van der Waals surface area contributed by atoms with Gasteiger partial charge in [0.2, 0.25) is 0 Å². The lowest BCUT2D eigenvalue weighted by atomic mass is 10.1. The van der Waals surface area contributed by atoms with E-state index < -0.39 is 10.0 Å². The van der Waals surface area contributed by atoms with E-state index >= 15 is 0 Å². The summed E-state index contributed by atoms with van der Waals surface area (Å²) in [6.45, 7) is 2.90. The van der Waals surface area contributed by atoms with Crippen molar-refractivity contribution in [2.24, 2.45) is 0 Å². The van der Waals surface area contributed by atoms with Crippen molar-refractivity contribution in [3.05, 3.63) is 83.4 Å². The highest BCUT2D eigenvalue weighted by Gasteiger charge is 2.27. The summed E-state index contributed by atoms with van der Waals surface area (Å²) in [6, 6.07) is 20.9. The van der Waals surface area contributed by atoms with Gasteiger partial charge in [0, 0.05) is 6.07 Å². The summed E-state index contributed by atoms with van der Waals surface area (Å²) in [4.78, 5) is 0.126. The molecule has 3 aromatic carbocycles. The Labute approximate surface area is 176 Å². The van der Waals surface area contributed by atoms with Gasteiger partial charge < -0.3 is 9.47 Å². The second-order valence-electron chi connectivity index (χ2n) is 6.96. The van der Waals surface area contributed by atoms with Crippen LogP contribution >= 0.6 is 0 Å². The number of ether oxygens (including phenoxy) is 2. The number of fused-ring (bicyclic) bond motifs is 1. The van der Waals surface area contributed by atoms with Crippen LogP contribution in [0.3, 0.4) is 0 Å². The Hall–Kier alpha value is -3.50. The highest BCUT2D eigenvalue weighted by Crippen LogP contribution is 2.34. The van der Waals surface area contributed by atoms with Gasteiger partial charge in [-0.2, -0.15) is 5.26 Å². The number of aryl methyl sites for hydroxylation is 1. The molecular formula is C23H20N2O4S. The van der Waals surface area contributed by atoms with Crippen molar-refractivity contribution >= 4 is 15.7 Å². The van der Waals surface area contributed by atoms with E-state index in [0.29, 0.717) is 36.0 Å². The van der Waals surface area contributed by atoms with E-state index in [9.17, 15) is 8.42 Å². The number of benzene rings is 3. The second-order valence-corrected chi connectivity index (χ2v) is 8.82. The van der Waals surface area contributed by atoms with Crippen LogP contribution < -0.4 is 13.8 Å². The number of hydrogen-bond acceptors (Lipinski definition) is 5. The quantitative estimate of drug-likeness (QED) is 0.623. The molecule has 0 aromatic heterocycles. The molecular weight excluding hydrogens is 400 g/mol. The van der Waals surface area contributed by atoms with Crippen molar-refractivity contribution in [2.45, 2.75) is 18.4 Å². The molecule has 0 spiro atoms. The molecule has 1 aliphatic rings. The topological polar surface area (TPSA) is 79.6 Å². The van der Waals surface area contributed by atoms with Gasteiger partial charge in [0.05, 0.1) is 28.8 Å². The lowest BCUT2D eigenvalue weighted by Gasteiger charge is -2.26. The maximum absolute atomic E-state index is 13.6. The number of nitrogens with zero attached hydrogens (tertiary/aromatic N) is 2. The minimum absolute atomic E-state index is 0.126. The molecule has 0 amide bonds. The van der Waals surface area contributed by atoms with E-state index in [1.54, 1.807) is 42.5 Å². The summed E-state index contributed by atoms with van der Waals surface area (Å²) in [5.74, 6) is 0.957. The van der Waals surface area contributed by atoms with E-state index in [4.69, 9.17) is 14.7 Å². The van der Waals surface area contributed by atoms with Crippen molar-refractivity contribution in [3.63, 3.8) is 0 Å². The van der Waals surface area contributed by atoms with Gasteiger partial charge in [0.25, 0.3) is 10.0 Å². The van der Waals surface area contributed by atoms with Crippen LogP contribution in [0.25, 0.3) is 0 Å². The van der Waals surface area contributed by atoms with Gasteiger partial charge >= 0.3 is 0 Å². The maximum atomic E-state index is 13.6. The molecule has 152 valence electrons. The van der Waals surface area contributed by atoms with E-state index in [1.807, 2.05) is 19.1 Å². The maximum Gasteiger partial charge on any atom is 0.264 e. The highest BCUT2D eigenvalue weighted by molar-refractivity contribution is 7.92. The van der Waals surface area contributed by atoms with E-state index in [2.05, 4.69) is 6.07 Å². The fourth-order valence-electron chi connectivity index (χ4n) is 3.19. The molecule has 0 fully saturated rings. The first kappa shape index (κ1) is 19.8. The van der Waals surface area contributed by atoms with Crippen molar-refractivity contribution < 1.29 is 17.9 Å². The van der Waals surface area contributed by atoms with Crippen LogP contribution in [0.1, 0.15) is 16.7 Å². The predicted molar refractivity (Wildman–Crippen MR) is 113 cm³/mol. The average Bonchev–Trinajstić information content (AvgIpc) is 2.78. The van der Waals surface area contributed by atoms with E-state index in [1.165, 1.54) is 16.4 Å².